The van der Waals surface area contributed by atoms with Gasteiger partial charge in [0.2, 0.25) is 10.0 Å². The first-order chi connectivity index (χ1) is 13.7. The van der Waals surface area contributed by atoms with Crippen molar-refractivity contribution >= 4 is 36.8 Å². The van der Waals surface area contributed by atoms with Gasteiger partial charge in [-0.3, -0.25) is 0 Å². The summed E-state index contributed by atoms with van der Waals surface area (Å²) in [4.78, 5) is 14.4. The van der Waals surface area contributed by atoms with E-state index in [-0.39, 0.29) is 18.0 Å². The van der Waals surface area contributed by atoms with Gasteiger partial charge in [0.25, 0.3) is 0 Å². The molecule has 0 bridgehead atoms. The molecule has 0 N–H and O–H groups in total. The third-order valence-corrected chi connectivity index (χ3v) is 7.22. The normalized spacial score (nSPS) is 16.3. The molecule has 13 heteroatoms. The number of benzene rings is 1. The molecular weight excluding hydrogens is 431 g/mol. The third kappa shape index (κ3) is 4.26. The van der Waals surface area contributed by atoms with Crippen LogP contribution in [0.5, 0.6) is 5.75 Å². The summed E-state index contributed by atoms with van der Waals surface area (Å²) in [6, 6.07) is 4.18. The van der Waals surface area contributed by atoms with Crippen molar-refractivity contribution in [3.8, 4) is 5.75 Å². The number of sulfonamides is 1. The van der Waals surface area contributed by atoms with Crippen molar-refractivity contribution in [2.75, 3.05) is 31.1 Å². The highest BCUT2D eigenvalue weighted by molar-refractivity contribution is 7.89. The predicted octanol–water partition coefficient (Wildman–Crippen LogP) is 2.50. The van der Waals surface area contributed by atoms with Gasteiger partial charge < -0.3 is 9.64 Å². The molecule has 1 aliphatic rings. The molecule has 8 nitrogen and oxygen atoms in total. The number of halogens is 3. The number of anilines is 1. The van der Waals surface area contributed by atoms with Gasteiger partial charge in [0, 0.05) is 32.4 Å². The monoisotopic (exact) mass is 445 g/mol. The van der Waals surface area contributed by atoms with Crippen LogP contribution in [-0.2, 0) is 10.0 Å². The Balaban J connectivity index is 1.44. The maximum absolute atomic E-state index is 12.8. The van der Waals surface area contributed by atoms with Crippen molar-refractivity contribution < 1.29 is 26.3 Å². The van der Waals surface area contributed by atoms with Crippen LogP contribution in [0.1, 0.15) is 0 Å². The molecule has 1 aliphatic heterocycles. The van der Waals surface area contributed by atoms with E-state index < -0.39 is 22.1 Å². The molecule has 0 saturated carbocycles. The van der Waals surface area contributed by atoms with E-state index in [0.717, 1.165) is 34.1 Å². The van der Waals surface area contributed by atoms with Crippen LogP contribution in [0.4, 0.5) is 18.3 Å². The van der Waals surface area contributed by atoms with Crippen molar-refractivity contribution in [3.05, 3.63) is 36.8 Å². The minimum atomic E-state index is -4.83. The zero-order valence-corrected chi connectivity index (χ0v) is 16.3. The fourth-order valence-electron chi connectivity index (χ4n) is 2.90. The first-order valence-corrected chi connectivity index (χ1v) is 10.7. The molecule has 4 rings (SSSR count). The quantitative estimate of drug-likeness (QED) is 0.610. The van der Waals surface area contributed by atoms with E-state index in [2.05, 4.69) is 19.7 Å². The molecule has 2 aromatic heterocycles. The molecule has 3 aromatic rings. The third-order valence-electron chi connectivity index (χ3n) is 4.27. The molecule has 0 radical (unpaired) electrons. The minimum Gasteiger partial charge on any atom is -0.406 e. The van der Waals surface area contributed by atoms with E-state index in [4.69, 9.17) is 0 Å². The number of nitrogens with zero attached hydrogens (tertiary/aromatic N) is 5. The predicted molar refractivity (Wildman–Crippen MR) is 99.3 cm³/mol. The number of piperazine rings is 1. The highest BCUT2D eigenvalue weighted by Gasteiger charge is 2.32. The number of aromatic nitrogens is 3. The summed E-state index contributed by atoms with van der Waals surface area (Å²) in [5.41, 5.74) is 0.594. The molecule has 1 saturated heterocycles. The lowest BCUT2D eigenvalue weighted by Crippen LogP contribution is -2.48. The van der Waals surface area contributed by atoms with Gasteiger partial charge >= 0.3 is 6.36 Å². The smallest absolute Gasteiger partial charge is 0.406 e. The average molecular weight is 445 g/mol. The van der Waals surface area contributed by atoms with Crippen LogP contribution in [0.25, 0.3) is 10.3 Å². The molecule has 154 valence electrons. The number of thiazole rings is 1. The van der Waals surface area contributed by atoms with Gasteiger partial charge in [-0.2, -0.15) is 9.29 Å². The summed E-state index contributed by atoms with van der Waals surface area (Å²) in [6.07, 6.45) is -1.74. The lowest BCUT2D eigenvalue weighted by Gasteiger charge is -2.33. The summed E-state index contributed by atoms with van der Waals surface area (Å²) in [5, 5.41) is 0.742. The molecule has 1 aromatic carbocycles. The number of alkyl halides is 3. The Morgan fingerprint density at radius 2 is 1.76 bits per heavy atom. The Hall–Kier alpha value is -2.51. The van der Waals surface area contributed by atoms with Crippen LogP contribution < -0.4 is 9.64 Å². The Morgan fingerprint density at radius 1 is 1.07 bits per heavy atom. The minimum absolute atomic E-state index is 0.0873. The topological polar surface area (TPSA) is 88.5 Å². The summed E-state index contributed by atoms with van der Waals surface area (Å²) >= 11 is 1.43. The summed E-state index contributed by atoms with van der Waals surface area (Å²) in [5.74, 6) is -0.472. The van der Waals surface area contributed by atoms with Crippen molar-refractivity contribution in [2.24, 2.45) is 0 Å². The lowest BCUT2D eigenvalue weighted by atomic mass is 10.3. The summed E-state index contributed by atoms with van der Waals surface area (Å²) < 4.78 is 68.2. The molecule has 1 fully saturated rings. The van der Waals surface area contributed by atoms with Gasteiger partial charge in [0.15, 0.2) is 10.8 Å². The van der Waals surface area contributed by atoms with Gasteiger partial charge in [0.05, 0.1) is 9.60 Å². The number of hydrogen-bond acceptors (Lipinski definition) is 8. The van der Waals surface area contributed by atoms with Crippen molar-refractivity contribution in [2.45, 2.75) is 11.3 Å². The van der Waals surface area contributed by atoms with E-state index in [1.54, 1.807) is 6.20 Å². The van der Waals surface area contributed by atoms with Crippen LogP contribution in [-0.4, -0.2) is 60.2 Å². The van der Waals surface area contributed by atoms with Gasteiger partial charge in [-0.25, -0.2) is 18.4 Å². The zero-order valence-electron chi connectivity index (χ0n) is 14.7. The van der Waals surface area contributed by atoms with E-state index in [1.807, 2.05) is 4.90 Å². The molecule has 0 aliphatic carbocycles. The fraction of sp³-hybridized carbons (Fsp3) is 0.312. The van der Waals surface area contributed by atoms with Gasteiger partial charge in [0.1, 0.15) is 12.1 Å². The molecule has 29 heavy (non-hydrogen) atoms. The largest absolute Gasteiger partial charge is 0.573 e. The maximum atomic E-state index is 12.8. The van der Waals surface area contributed by atoms with E-state index in [9.17, 15) is 21.6 Å². The molecular formula is C16H14F3N5O3S2. The second-order valence-corrected chi connectivity index (χ2v) is 9.06. The first-order valence-electron chi connectivity index (χ1n) is 8.40. The van der Waals surface area contributed by atoms with Crippen molar-refractivity contribution in [3.63, 3.8) is 0 Å². The Kier molecular flexibility index (Phi) is 5.04. The van der Waals surface area contributed by atoms with Crippen LogP contribution in [0.15, 0.2) is 41.7 Å². The number of rotatable bonds is 4. The molecule has 0 amide bonds. The Bertz CT molecular complexity index is 1080. The highest BCUT2D eigenvalue weighted by atomic mass is 32.2. The van der Waals surface area contributed by atoms with Crippen LogP contribution in [0.2, 0.25) is 0 Å². The molecule has 0 spiro atoms. The van der Waals surface area contributed by atoms with Crippen molar-refractivity contribution in [1.29, 1.82) is 0 Å². The lowest BCUT2D eigenvalue weighted by molar-refractivity contribution is -0.274. The van der Waals surface area contributed by atoms with Crippen LogP contribution >= 0.6 is 11.3 Å². The number of fused-ring (bicyclic) bond motifs is 1. The maximum Gasteiger partial charge on any atom is 0.573 e. The van der Waals surface area contributed by atoms with Crippen LogP contribution in [0, 0.1) is 0 Å². The summed E-state index contributed by atoms with van der Waals surface area (Å²) in [7, 11) is -3.82. The van der Waals surface area contributed by atoms with E-state index in [1.165, 1.54) is 22.0 Å². The Morgan fingerprint density at radius 3 is 2.38 bits per heavy atom. The SMILES string of the molecule is O=S(=O)(c1ccc(OC(F)(F)F)cc1)N1CCN(c2nc3ncncc3s2)CC1. The zero-order chi connectivity index (χ0) is 20.6. The number of hydrogen-bond donors (Lipinski definition) is 0. The second kappa shape index (κ2) is 7.39. The van der Waals surface area contributed by atoms with Gasteiger partial charge in [-0.1, -0.05) is 11.3 Å². The van der Waals surface area contributed by atoms with E-state index >= 15 is 0 Å². The fourth-order valence-corrected chi connectivity index (χ4v) is 5.26. The second-order valence-electron chi connectivity index (χ2n) is 6.12. The number of ether oxygens (including phenoxy) is 1. The van der Waals surface area contributed by atoms with Crippen molar-refractivity contribution in [1.82, 2.24) is 19.3 Å². The van der Waals surface area contributed by atoms with Crippen LogP contribution in [0.3, 0.4) is 0 Å². The standard InChI is InChI=1S/C16H14F3N5O3S2/c17-16(18,19)27-11-1-3-12(4-2-11)29(25,26)24-7-5-23(6-8-24)15-22-14-13(28-15)9-20-10-21-14/h1-4,9-10H,5-8H2. The first kappa shape index (κ1) is 19.8. The highest BCUT2D eigenvalue weighted by Crippen LogP contribution is 2.29. The molecule has 3 heterocycles. The van der Waals surface area contributed by atoms with Gasteiger partial charge in [-0.15, -0.1) is 13.2 Å². The summed E-state index contributed by atoms with van der Waals surface area (Å²) in [6.45, 7) is 1.32. The Labute approximate surface area is 167 Å². The average Bonchev–Trinajstić information content (AvgIpc) is 3.11. The van der Waals surface area contributed by atoms with Gasteiger partial charge in [-0.05, 0) is 24.3 Å². The molecule has 0 unspecified atom stereocenters. The molecule has 0 atom stereocenters. The van der Waals surface area contributed by atoms with E-state index in [0.29, 0.717) is 18.7 Å².